The van der Waals surface area contributed by atoms with E-state index in [0.29, 0.717) is 6.04 Å². The van der Waals surface area contributed by atoms with Gasteiger partial charge in [-0.1, -0.05) is 28.1 Å². The first-order valence-electron chi connectivity index (χ1n) is 6.28. The molecule has 1 saturated heterocycles. The normalized spacial score (nSPS) is 23.6. The molecule has 17 heavy (non-hydrogen) atoms. The fourth-order valence-corrected chi connectivity index (χ4v) is 2.68. The van der Waals surface area contributed by atoms with E-state index in [4.69, 9.17) is 0 Å². The number of benzene rings is 1. The molecule has 2 N–H and O–H groups in total. The average molecular weight is 297 g/mol. The average Bonchev–Trinajstić information content (AvgIpc) is 2.27. The van der Waals surface area contributed by atoms with Crippen molar-refractivity contribution in [2.45, 2.75) is 44.8 Å². The van der Waals surface area contributed by atoms with E-state index in [1.54, 1.807) is 0 Å². The second-order valence-corrected chi connectivity index (χ2v) is 6.42. The summed E-state index contributed by atoms with van der Waals surface area (Å²) in [7, 11) is 0. The highest BCUT2D eigenvalue weighted by Crippen LogP contribution is 2.19. The van der Waals surface area contributed by atoms with E-state index < -0.39 is 0 Å². The summed E-state index contributed by atoms with van der Waals surface area (Å²) in [5.41, 5.74) is 1.62. The van der Waals surface area contributed by atoms with E-state index in [9.17, 15) is 0 Å². The Kier molecular flexibility index (Phi) is 4.23. The van der Waals surface area contributed by atoms with Gasteiger partial charge in [-0.3, -0.25) is 0 Å². The lowest BCUT2D eigenvalue weighted by molar-refractivity contribution is 0.247. The second kappa shape index (κ2) is 5.51. The first-order valence-corrected chi connectivity index (χ1v) is 7.07. The molecular weight excluding hydrogens is 276 g/mol. The van der Waals surface area contributed by atoms with E-state index in [1.165, 1.54) is 18.4 Å². The molecule has 1 fully saturated rings. The van der Waals surface area contributed by atoms with Gasteiger partial charge >= 0.3 is 0 Å². The Morgan fingerprint density at radius 3 is 2.71 bits per heavy atom. The Morgan fingerprint density at radius 2 is 2.06 bits per heavy atom. The van der Waals surface area contributed by atoms with Crippen LogP contribution in [0.2, 0.25) is 0 Å². The third-order valence-corrected chi connectivity index (χ3v) is 3.89. The molecule has 1 aromatic rings. The molecule has 1 aliphatic rings. The molecule has 2 rings (SSSR count). The van der Waals surface area contributed by atoms with Gasteiger partial charge in [0.15, 0.2) is 0 Å². The highest BCUT2D eigenvalue weighted by atomic mass is 79.9. The van der Waals surface area contributed by atoms with Crippen LogP contribution in [0.25, 0.3) is 0 Å². The predicted octanol–water partition coefficient (Wildman–Crippen LogP) is 3.07. The zero-order valence-corrected chi connectivity index (χ0v) is 12.2. The Bertz CT molecular complexity index is 359. The van der Waals surface area contributed by atoms with Crippen molar-refractivity contribution in [2.24, 2.45) is 0 Å². The van der Waals surface area contributed by atoms with Crippen LogP contribution in [0, 0.1) is 0 Å². The molecule has 1 unspecified atom stereocenters. The molecule has 1 aromatic carbocycles. The molecule has 0 aliphatic carbocycles. The number of rotatable bonds is 3. The standard InChI is InChI=1S/C14H21BrN2/c1-14(2)9-13(7-8-17-14)16-10-11-3-5-12(15)6-4-11/h3-6,13,16-17H,7-10H2,1-2H3. The van der Waals surface area contributed by atoms with E-state index in [1.807, 2.05) is 0 Å². The molecule has 3 heteroatoms. The van der Waals surface area contributed by atoms with Gasteiger partial charge in [0.1, 0.15) is 0 Å². The summed E-state index contributed by atoms with van der Waals surface area (Å²) in [5.74, 6) is 0. The maximum atomic E-state index is 3.66. The van der Waals surface area contributed by atoms with Gasteiger partial charge in [0.2, 0.25) is 0 Å². The van der Waals surface area contributed by atoms with Crippen LogP contribution in [0.3, 0.4) is 0 Å². The van der Waals surface area contributed by atoms with Crippen LogP contribution in [0.4, 0.5) is 0 Å². The van der Waals surface area contributed by atoms with Crippen LogP contribution in [-0.2, 0) is 6.54 Å². The van der Waals surface area contributed by atoms with Crippen LogP contribution in [0.5, 0.6) is 0 Å². The van der Waals surface area contributed by atoms with Gasteiger partial charge in [-0.15, -0.1) is 0 Å². The number of halogens is 1. The molecule has 0 saturated carbocycles. The summed E-state index contributed by atoms with van der Waals surface area (Å²) in [5, 5.41) is 7.21. The fraction of sp³-hybridized carbons (Fsp3) is 0.571. The van der Waals surface area contributed by atoms with Gasteiger partial charge in [-0.25, -0.2) is 0 Å². The molecule has 1 atom stereocenters. The van der Waals surface area contributed by atoms with Crippen molar-refractivity contribution >= 4 is 15.9 Å². The van der Waals surface area contributed by atoms with Gasteiger partial charge in [0, 0.05) is 22.6 Å². The summed E-state index contributed by atoms with van der Waals surface area (Å²) in [6.45, 7) is 6.64. The molecule has 0 radical (unpaired) electrons. The largest absolute Gasteiger partial charge is 0.312 e. The third kappa shape index (κ3) is 4.09. The minimum absolute atomic E-state index is 0.273. The van der Waals surface area contributed by atoms with Crippen molar-refractivity contribution < 1.29 is 0 Å². The topological polar surface area (TPSA) is 24.1 Å². The molecule has 0 amide bonds. The lowest BCUT2D eigenvalue weighted by atomic mass is 9.89. The van der Waals surface area contributed by atoms with Gasteiger partial charge < -0.3 is 10.6 Å². The SMILES string of the molecule is CC1(C)CC(NCc2ccc(Br)cc2)CCN1. The van der Waals surface area contributed by atoms with Crippen molar-refractivity contribution in [1.29, 1.82) is 0 Å². The summed E-state index contributed by atoms with van der Waals surface area (Å²) in [4.78, 5) is 0. The monoisotopic (exact) mass is 296 g/mol. The van der Waals surface area contributed by atoms with Gasteiger partial charge in [0.25, 0.3) is 0 Å². The van der Waals surface area contributed by atoms with Crippen LogP contribution in [0.1, 0.15) is 32.3 Å². The molecule has 2 nitrogen and oxygen atoms in total. The minimum atomic E-state index is 0.273. The first kappa shape index (κ1) is 13.1. The van der Waals surface area contributed by atoms with Crippen LogP contribution < -0.4 is 10.6 Å². The number of nitrogens with one attached hydrogen (secondary N) is 2. The molecule has 1 aliphatic heterocycles. The van der Waals surface area contributed by atoms with Gasteiger partial charge in [-0.2, -0.15) is 0 Å². The first-order chi connectivity index (χ1) is 8.05. The lowest BCUT2D eigenvalue weighted by Gasteiger charge is -2.37. The van der Waals surface area contributed by atoms with E-state index in [2.05, 4.69) is 64.7 Å². The zero-order valence-electron chi connectivity index (χ0n) is 10.6. The highest BCUT2D eigenvalue weighted by molar-refractivity contribution is 9.10. The maximum Gasteiger partial charge on any atom is 0.0208 e. The molecule has 0 spiro atoms. The molecule has 94 valence electrons. The summed E-state index contributed by atoms with van der Waals surface area (Å²) >= 11 is 3.46. The number of hydrogen-bond donors (Lipinski definition) is 2. The lowest BCUT2D eigenvalue weighted by Crippen LogP contribution is -2.51. The van der Waals surface area contributed by atoms with E-state index in [-0.39, 0.29) is 5.54 Å². The Morgan fingerprint density at radius 1 is 1.35 bits per heavy atom. The zero-order chi connectivity index (χ0) is 12.3. The molecule has 0 bridgehead atoms. The Balaban J connectivity index is 1.84. The quantitative estimate of drug-likeness (QED) is 0.896. The highest BCUT2D eigenvalue weighted by Gasteiger charge is 2.26. The number of hydrogen-bond acceptors (Lipinski definition) is 2. The molecule has 0 aromatic heterocycles. The maximum absolute atomic E-state index is 3.66. The Hall–Kier alpha value is -0.380. The minimum Gasteiger partial charge on any atom is -0.312 e. The molecule has 1 heterocycles. The van der Waals surface area contributed by atoms with Crippen LogP contribution in [0.15, 0.2) is 28.7 Å². The van der Waals surface area contributed by atoms with Crippen molar-refractivity contribution in [3.05, 3.63) is 34.3 Å². The van der Waals surface area contributed by atoms with E-state index in [0.717, 1.165) is 17.6 Å². The van der Waals surface area contributed by atoms with Crippen molar-refractivity contribution in [3.63, 3.8) is 0 Å². The van der Waals surface area contributed by atoms with Gasteiger partial charge in [0.05, 0.1) is 0 Å². The van der Waals surface area contributed by atoms with E-state index >= 15 is 0 Å². The Labute approximate surface area is 112 Å². The van der Waals surface area contributed by atoms with Crippen LogP contribution in [-0.4, -0.2) is 18.1 Å². The summed E-state index contributed by atoms with van der Waals surface area (Å²) in [6.07, 6.45) is 2.42. The predicted molar refractivity (Wildman–Crippen MR) is 76.1 cm³/mol. The third-order valence-electron chi connectivity index (χ3n) is 3.36. The second-order valence-electron chi connectivity index (χ2n) is 5.51. The van der Waals surface area contributed by atoms with Crippen molar-refractivity contribution in [3.8, 4) is 0 Å². The van der Waals surface area contributed by atoms with Gasteiger partial charge in [-0.05, 0) is 50.9 Å². The summed E-state index contributed by atoms with van der Waals surface area (Å²) < 4.78 is 1.14. The van der Waals surface area contributed by atoms with Crippen molar-refractivity contribution in [1.82, 2.24) is 10.6 Å². The molecular formula is C14H21BrN2. The van der Waals surface area contributed by atoms with Crippen LogP contribution >= 0.6 is 15.9 Å². The van der Waals surface area contributed by atoms with Crippen molar-refractivity contribution in [2.75, 3.05) is 6.54 Å². The summed E-state index contributed by atoms with van der Waals surface area (Å²) in [6, 6.07) is 9.18. The smallest absolute Gasteiger partial charge is 0.0208 e. The number of piperidine rings is 1. The fourth-order valence-electron chi connectivity index (χ4n) is 2.41.